The molecule has 0 aliphatic carbocycles. The van der Waals surface area contributed by atoms with Crippen LogP contribution in [0.1, 0.15) is 13.8 Å². The lowest BCUT2D eigenvalue weighted by Crippen LogP contribution is -2.37. The summed E-state index contributed by atoms with van der Waals surface area (Å²) in [6.45, 7) is 4.52. The van der Waals surface area contributed by atoms with Crippen LogP contribution >= 0.6 is 0 Å². The monoisotopic (exact) mass is 310 g/mol. The number of hydrogen-bond acceptors (Lipinski definition) is 4. The fraction of sp³-hybridized carbons (Fsp3) is 0.235. The average Bonchev–Trinajstić information content (AvgIpc) is 2.84. The van der Waals surface area contributed by atoms with Gasteiger partial charge in [0.15, 0.2) is 0 Å². The topological polar surface area (TPSA) is 87.0 Å². The van der Waals surface area contributed by atoms with Gasteiger partial charge in [-0.1, -0.05) is 12.1 Å². The van der Waals surface area contributed by atoms with Crippen LogP contribution in [0.2, 0.25) is 0 Å². The number of para-hydroxylation sites is 2. The highest BCUT2D eigenvalue weighted by atomic mass is 16.6. The summed E-state index contributed by atoms with van der Waals surface area (Å²) in [4.78, 5) is 15.1. The fourth-order valence-electron chi connectivity index (χ4n) is 2.60. The highest BCUT2D eigenvalue weighted by Crippen LogP contribution is 2.27. The van der Waals surface area contributed by atoms with Gasteiger partial charge in [0.05, 0.1) is 16.0 Å². The third-order valence-corrected chi connectivity index (χ3v) is 3.56. The van der Waals surface area contributed by atoms with Crippen molar-refractivity contribution in [3.05, 3.63) is 58.6 Å². The Labute approximate surface area is 133 Å². The zero-order valence-electron chi connectivity index (χ0n) is 13.1. The Morgan fingerprint density at radius 3 is 2.43 bits per heavy atom. The van der Waals surface area contributed by atoms with Crippen molar-refractivity contribution in [1.82, 2.24) is 9.55 Å². The second-order valence-electron chi connectivity index (χ2n) is 6.30. The number of benzene rings is 2. The summed E-state index contributed by atoms with van der Waals surface area (Å²) < 4.78 is 2.07. The molecule has 0 atom stereocenters. The van der Waals surface area contributed by atoms with Crippen molar-refractivity contribution >= 4 is 16.7 Å². The quantitative estimate of drug-likeness (QED) is 0.591. The van der Waals surface area contributed by atoms with Crippen LogP contribution in [0.5, 0.6) is 0 Å². The lowest BCUT2D eigenvalue weighted by atomic mass is 10.1. The van der Waals surface area contributed by atoms with Gasteiger partial charge in [-0.15, -0.1) is 0 Å². The van der Waals surface area contributed by atoms with Crippen LogP contribution in [0.25, 0.3) is 22.4 Å². The van der Waals surface area contributed by atoms with Crippen molar-refractivity contribution in [2.45, 2.75) is 25.9 Å². The molecule has 118 valence electrons. The Morgan fingerprint density at radius 2 is 1.83 bits per heavy atom. The first-order valence-electron chi connectivity index (χ1n) is 7.34. The average molecular weight is 310 g/mol. The summed E-state index contributed by atoms with van der Waals surface area (Å²) in [5.41, 5.74) is 8.56. The maximum atomic E-state index is 10.8. The number of non-ortho nitro benzene ring substituents is 1. The molecule has 0 aliphatic rings. The molecule has 0 spiro atoms. The van der Waals surface area contributed by atoms with Gasteiger partial charge in [-0.25, -0.2) is 4.98 Å². The molecule has 6 heteroatoms. The van der Waals surface area contributed by atoms with E-state index in [9.17, 15) is 10.1 Å². The first kappa shape index (κ1) is 15.2. The SMILES string of the molecule is CC(C)(N)Cn1c(-c2ccc([N+](=O)[O-])cc2)nc2ccccc21. The second kappa shape index (κ2) is 5.48. The zero-order chi connectivity index (χ0) is 16.6. The van der Waals surface area contributed by atoms with Gasteiger partial charge in [-0.3, -0.25) is 10.1 Å². The zero-order valence-corrected chi connectivity index (χ0v) is 13.1. The molecule has 1 heterocycles. The molecule has 0 saturated heterocycles. The molecule has 1 aromatic heterocycles. The molecule has 3 aromatic rings. The Balaban J connectivity index is 2.15. The predicted molar refractivity (Wildman–Crippen MR) is 90.1 cm³/mol. The summed E-state index contributed by atoms with van der Waals surface area (Å²) >= 11 is 0. The molecule has 2 aromatic carbocycles. The Bertz CT molecular complexity index is 860. The molecule has 0 unspecified atom stereocenters. The van der Waals surface area contributed by atoms with E-state index >= 15 is 0 Å². The lowest BCUT2D eigenvalue weighted by Gasteiger charge is -2.21. The first-order chi connectivity index (χ1) is 10.8. The number of nitrogens with zero attached hydrogens (tertiary/aromatic N) is 3. The molecule has 2 N–H and O–H groups in total. The molecule has 3 rings (SSSR count). The van der Waals surface area contributed by atoms with Crippen LogP contribution < -0.4 is 5.73 Å². The maximum absolute atomic E-state index is 10.8. The van der Waals surface area contributed by atoms with E-state index in [4.69, 9.17) is 5.73 Å². The smallest absolute Gasteiger partial charge is 0.269 e. The van der Waals surface area contributed by atoms with E-state index in [2.05, 4.69) is 9.55 Å². The second-order valence-corrected chi connectivity index (χ2v) is 6.30. The van der Waals surface area contributed by atoms with Crippen LogP contribution in [-0.2, 0) is 6.54 Å². The molecule has 0 aliphatic heterocycles. The summed E-state index contributed by atoms with van der Waals surface area (Å²) in [6, 6.07) is 14.3. The van der Waals surface area contributed by atoms with Gasteiger partial charge >= 0.3 is 0 Å². The number of rotatable bonds is 4. The van der Waals surface area contributed by atoms with Gasteiger partial charge in [-0.05, 0) is 38.1 Å². The first-order valence-corrected chi connectivity index (χ1v) is 7.34. The Kier molecular flexibility index (Phi) is 3.61. The number of nitrogens with two attached hydrogens (primary N) is 1. The molecule has 0 radical (unpaired) electrons. The van der Waals surface area contributed by atoms with Gasteiger partial charge in [0.1, 0.15) is 5.82 Å². The van der Waals surface area contributed by atoms with E-state index < -0.39 is 10.5 Å². The molecular formula is C17H18N4O2. The molecule has 0 fully saturated rings. The molecule has 6 nitrogen and oxygen atoms in total. The third kappa shape index (κ3) is 3.07. The van der Waals surface area contributed by atoms with Crippen molar-refractivity contribution in [3.63, 3.8) is 0 Å². The Hall–Kier alpha value is -2.73. The molecule has 0 amide bonds. The molecule has 23 heavy (non-hydrogen) atoms. The van der Waals surface area contributed by atoms with Crippen LogP contribution in [0.4, 0.5) is 5.69 Å². The van der Waals surface area contributed by atoms with E-state index in [0.717, 1.165) is 22.4 Å². The predicted octanol–water partition coefficient (Wildman–Crippen LogP) is 3.35. The minimum absolute atomic E-state index is 0.0653. The standard InChI is InChI=1S/C17H18N4O2/c1-17(2,18)11-20-15-6-4-3-5-14(15)19-16(20)12-7-9-13(10-8-12)21(22)23/h3-10H,11,18H2,1-2H3. The van der Waals surface area contributed by atoms with E-state index in [1.807, 2.05) is 38.1 Å². The van der Waals surface area contributed by atoms with Gasteiger partial charge in [0, 0.05) is 29.8 Å². The van der Waals surface area contributed by atoms with Gasteiger partial charge in [0.2, 0.25) is 0 Å². The van der Waals surface area contributed by atoms with Gasteiger partial charge in [0.25, 0.3) is 5.69 Å². The van der Waals surface area contributed by atoms with Crippen molar-refractivity contribution in [1.29, 1.82) is 0 Å². The highest BCUT2D eigenvalue weighted by Gasteiger charge is 2.19. The summed E-state index contributed by atoms with van der Waals surface area (Å²) in [7, 11) is 0. The molecular weight excluding hydrogens is 292 g/mol. The maximum Gasteiger partial charge on any atom is 0.269 e. The summed E-state index contributed by atoms with van der Waals surface area (Å²) in [6.07, 6.45) is 0. The van der Waals surface area contributed by atoms with Crippen LogP contribution in [0.15, 0.2) is 48.5 Å². The number of aromatic nitrogens is 2. The van der Waals surface area contributed by atoms with Crippen LogP contribution in [0, 0.1) is 10.1 Å². The lowest BCUT2D eigenvalue weighted by molar-refractivity contribution is -0.384. The minimum atomic E-state index is -0.407. The van der Waals surface area contributed by atoms with Gasteiger partial charge in [-0.2, -0.15) is 0 Å². The number of nitro groups is 1. The molecule has 0 saturated carbocycles. The van der Waals surface area contributed by atoms with Crippen molar-refractivity contribution in [2.24, 2.45) is 5.73 Å². The number of fused-ring (bicyclic) bond motifs is 1. The van der Waals surface area contributed by atoms with Gasteiger partial charge < -0.3 is 10.3 Å². The fourth-order valence-corrected chi connectivity index (χ4v) is 2.60. The molecule has 0 bridgehead atoms. The normalized spacial score (nSPS) is 11.8. The number of nitro benzene ring substituents is 1. The van der Waals surface area contributed by atoms with Crippen molar-refractivity contribution in [3.8, 4) is 11.4 Å². The third-order valence-electron chi connectivity index (χ3n) is 3.56. The Morgan fingerprint density at radius 1 is 1.17 bits per heavy atom. The van der Waals surface area contributed by atoms with E-state index in [1.165, 1.54) is 12.1 Å². The van der Waals surface area contributed by atoms with E-state index in [0.29, 0.717) is 6.54 Å². The van der Waals surface area contributed by atoms with E-state index in [1.54, 1.807) is 12.1 Å². The minimum Gasteiger partial charge on any atom is -0.324 e. The van der Waals surface area contributed by atoms with Crippen LogP contribution in [-0.4, -0.2) is 20.0 Å². The van der Waals surface area contributed by atoms with Crippen molar-refractivity contribution < 1.29 is 4.92 Å². The van der Waals surface area contributed by atoms with Crippen molar-refractivity contribution in [2.75, 3.05) is 0 Å². The largest absolute Gasteiger partial charge is 0.324 e. The highest BCUT2D eigenvalue weighted by molar-refractivity contribution is 5.80. The summed E-state index contributed by atoms with van der Waals surface area (Å²) in [5, 5.41) is 10.8. The van der Waals surface area contributed by atoms with Crippen LogP contribution in [0.3, 0.4) is 0 Å². The summed E-state index contributed by atoms with van der Waals surface area (Å²) in [5.74, 6) is 0.764. The number of hydrogen-bond donors (Lipinski definition) is 1. The number of imidazole rings is 1. The van der Waals surface area contributed by atoms with E-state index in [-0.39, 0.29) is 5.69 Å².